The Hall–Kier alpha value is -0.770. The highest BCUT2D eigenvalue weighted by molar-refractivity contribution is 6.33. The van der Waals surface area contributed by atoms with Crippen molar-refractivity contribution in [2.75, 3.05) is 13.7 Å². The van der Waals surface area contributed by atoms with Gasteiger partial charge in [-0.15, -0.1) is 0 Å². The lowest BCUT2D eigenvalue weighted by Crippen LogP contribution is -2.38. The fraction of sp³-hybridized carbons (Fsp3) is 0.500. The van der Waals surface area contributed by atoms with Gasteiger partial charge >= 0.3 is 0 Å². The van der Waals surface area contributed by atoms with Gasteiger partial charge in [0.2, 0.25) is 0 Å². The second kappa shape index (κ2) is 4.24. The zero-order chi connectivity index (χ0) is 11.8. The molecule has 1 aliphatic carbocycles. The van der Waals surface area contributed by atoms with E-state index in [1.807, 2.05) is 6.07 Å². The standard InChI is InChI=1S/C12H16ClNO2/c1-16-10-5-4-9-8(11(10)13)3-2-6-12(9,15)7-14/h4-5,15H,2-3,6-7,14H2,1H3. The smallest absolute Gasteiger partial charge is 0.137 e. The fourth-order valence-corrected chi connectivity index (χ4v) is 2.68. The molecule has 0 fully saturated rings. The Kier molecular flexibility index (Phi) is 3.10. The van der Waals surface area contributed by atoms with Crippen LogP contribution in [0.25, 0.3) is 0 Å². The van der Waals surface area contributed by atoms with Crippen LogP contribution in [0.2, 0.25) is 5.02 Å². The molecule has 1 atom stereocenters. The maximum atomic E-state index is 10.4. The molecule has 1 aromatic carbocycles. The van der Waals surface area contributed by atoms with E-state index in [4.69, 9.17) is 22.1 Å². The van der Waals surface area contributed by atoms with Gasteiger partial charge in [0.25, 0.3) is 0 Å². The van der Waals surface area contributed by atoms with Gasteiger partial charge in [0.1, 0.15) is 11.4 Å². The van der Waals surface area contributed by atoms with Crippen molar-refractivity contribution in [2.24, 2.45) is 5.73 Å². The zero-order valence-electron chi connectivity index (χ0n) is 9.29. The molecular weight excluding hydrogens is 226 g/mol. The van der Waals surface area contributed by atoms with Crippen LogP contribution in [-0.2, 0) is 12.0 Å². The number of ether oxygens (including phenoxy) is 1. The minimum atomic E-state index is -0.927. The molecule has 0 aliphatic heterocycles. The summed E-state index contributed by atoms with van der Waals surface area (Å²) in [6.07, 6.45) is 2.46. The summed E-state index contributed by atoms with van der Waals surface area (Å²) in [5.41, 5.74) is 6.55. The zero-order valence-corrected chi connectivity index (χ0v) is 10.0. The van der Waals surface area contributed by atoms with Crippen LogP contribution >= 0.6 is 11.6 Å². The van der Waals surface area contributed by atoms with Crippen LogP contribution in [0.1, 0.15) is 24.0 Å². The molecule has 16 heavy (non-hydrogen) atoms. The van der Waals surface area contributed by atoms with E-state index >= 15 is 0 Å². The van der Waals surface area contributed by atoms with E-state index in [1.165, 1.54) is 0 Å². The van der Waals surface area contributed by atoms with Gasteiger partial charge in [0, 0.05) is 6.54 Å². The number of rotatable bonds is 2. The predicted octanol–water partition coefficient (Wildman–Crippen LogP) is 1.83. The van der Waals surface area contributed by atoms with Crippen molar-refractivity contribution in [1.29, 1.82) is 0 Å². The van der Waals surface area contributed by atoms with E-state index in [0.717, 1.165) is 24.0 Å². The van der Waals surface area contributed by atoms with Crippen LogP contribution in [0.15, 0.2) is 12.1 Å². The maximum absolute atomic E-state index is 10.4. The second-order valence-electron chi connectivity index (χ2n) is 4.20. The van der Waals surface area contributed by atoms with Crippen molar-refractivity contribution in [3.05, 3.63) is 28.3 Å². The first-order chi connectivity index (χ1) is 7.62. The quantitative estimate of drug-likeness (QED) is 0.831. The Morgan fingerprint density at radius 3 is 2.94 bits per heavy atom. The van der Waals surface area contributed by atoms with Gasteiger partial charge in [-0.2, -0.15) is 0 Å². The fourth-order valence-electron chi connectivity index (χ4n) is 2.34. The lowest BCUT2D eigenvalue weighted by Gasteiger charge is -2.34. The molecule has 0 aromatic heterocycles. The Morgan fingerprint density at radius 2 is 2.31 bits per heavy atom. The minimum absolute atomic E-state index is 0.225. The highest BCUT2D eigenvalue weighted by Crippen LogP contribution is 2.41. The molecule has 88 valence electrons. The lowest BCUT2D eigenvalue weighted by atomic mass is 9.79. The summed E-state index contributed by atoms with van der Waals surface area (Å²) in [6.45, 7) is 0.225. The van der Waals surface area contributed by atoms with E-state index in [2.05, 4.69) is 0 Å². The van der Waals surface area contributed by atoms with Crippen LogP contribution in [0.5, 0.6) is 5.75 Å². The van der Waals surface area contributed by atoms with Crippen molar-refractivity contribution in [1.82, 2.24) is 0 Å². The van der Waals surface area contributed by atoms with E-state index in [0.29, 0.717) is 17.2 Å². The Labute approximate surface area is 100 Å². The SMILES string of the molecule is COc1ccc2c(c1Cl)CCCC2(O)CN. The first-order valence-corrected chi connectivity index (χ1v) is 5.78. The number of benzene rings is 1. The number of methoxy groups -OCH3 is 1. The number of aliphatic hydroxyl groups is 1. The van der Waals surface area contributed by atoms with Crippen LogP contribution < -0.4 is 10.5 Å². The highest BCUT2D eigenvalue weighted by Gasteiger charge is 2.34. The summed E-state index contributed by atoms with van der Waals surface area (Å²) in [6, 6.07) is 3.65. The molecule has 1 aliphatic rings. The molecule has 0 heterocycles. The highest BCUT2D eigenvalue weighted by atomic mass is 35.5. The van der Waals surface area contributed by atoms with E-state index in [1.54, 1.807) is 13.2 Å². The molecule has 3 N–H and O–H groups in total. The molecule has 0 spiro atoms. The first kappa shape index (κ1) is 11.7. The molecule has 0 radical (unpaired) electrons. The van der Waals surface area contributed by atoms with Crippen molar-refractivity contribution in [2.45, 2.75) is 24.9 Å². The second-order valence-corrected chi connectivity index (χ2v) is 4.58. The topological polar surface area (TPSA) is 55.5 Å². The van der Waals surface area contributed by atoms with Gasteiger partial charge in [-0.05, 0) is 36.5 Å². The third kappa shape index (κ3) is 1.69. The van der Waals surface area contributed by atoms with Gasteiger partial charge in [-0.25, -0.2) is 0 Å². The van der Waals surface area contributed by atoms with Gasteiger partial charge in [0.15, 0.2) is 0 Å². The van der Waals surface area contributed by atoms with E-state index in [9.17, 15) is 5.11 Å². The Bertz CT molecular complexity index is 408. The molecule has 0 bridgehead atoms. The average molecular weight is 242 g/mol. The van der Waals surface area contributed by atoms with Gasteiger partial charge in [-0.3, -0.25) is 0 Å². The van der Waals surface area contributed by atoms with Crippen LogP contribution in [0.3, 0.4) is 0 Å². The molecule has 2 rings (SSSR count). The van der Waals surface area contributed by atoms with Crippen molar-refractivity contribution in [3.8, 4) is 5.75 Å². The van der Waals surface area contributed by atoms with E-state index < -0.39 is 5.60 Å². The largest absolute Gasteiger partial charge is 0.495 e. The van der Waals surface area contributed by atoms with Crippen LogP contribution in [0.4, 0.5) is 0 Å². The number of hydrogen-bond donors (Lipinski definition) is 2. The van der Waals surface area contributed by atoms with Crippen LogP contribution in [0, 0.1) is 0 Å². The molecule has 0 saturated carbocycles. The monoisotopic (exact) mass is 241 g/mol. The van der Waals surface area contributed by atoms with Gasteiger partial charge < -0.3 is 15.6 Å². The third-order valence-electron chi connectivity index (χ3n) is 3.28. The summed E-state index contributed by atoms with van der Waals surface area (Å²) < 4.78 is 5.17. The summed E-state index contributed by atoms with van der Waals surface area (Å²) in [5, 5.41) is 11.0. The number of halogens is 1. The van der Waals surface area contributed by atoms with Crippen LogP contribution in [-0.4, -0.2) is 18.8 Å². The maximum Gasteiger partial charge on any atom is 0.137 e. The normalized spacial score (nSPS) is 24.0. The molecule has 1 aromatic rings. The molecule has 4 heteroatoms. The van der Waals surface area contributed by atoms with Gasteiger partial charge in [-0.1, -0.05) is 17.7 Å². The Balaban J connectivity index is 2.56. The summed E-state index contributed by atoms with van der Waals surface area (Å²) >= 11 is 6.23. The first-order valence-electron chi connectivity index (χ1n) is 5.40. The molecule has 3 nitrogen and oxygen atoms in total. The van der Waals surface area contributed by atoms with Crippen molar-refractivity contribution in [3.63, 3.8) is 0 Å². The van der Waals surface area contributed by atoms with Crippen molar-refractivity contribution < 1.29 is 9.84 Å². The number of fused-ring (bicyclic) bond motifs is 1. The average Bonchev–Trinajstić information content (AvgIpc) is 2.31. The number of nitrogens with two attached hydrogens (primary N) is 1. The molecule has 0 amide bonds. The van der Waals surface area contributed by atoms with E-state index in [-0.39, 0.29) is 6.54 Å². The summed E-state index contributed by atoms with van der Waals surface area (Å²) in [7, 11) is 1.59. The molecule has 1 unspecified atom stereocenters. The number of hydrogen-bond acceptors (Lipinski definition) is 3. The third-order valence-corrected chi connectivity index (χ3v) is 3.70. The molecule has 0 saturated heterocycles. The predicted molar refractivity (Wildman–Crippen MR) is 63.9 cm³/mol. The lowest BCUT2D eigenvalue weighted by molar-refractivity contribution is 0.0279. The summed E-state index contributed by atoms with van der Waals surface area (Å²) in [5.74, 6) is 0.654. The van der Waals surface area contributed by atoms with Crippen molar-refractivity contribution >= 4 is 11.6 Å². The Morgan fingerprint density at radius 1 is 1.56 bits per heavy atom. The molecular formula is C12H16ClNO2. The minimum Gasteiger partial charge on any atom is -0.495 e. The summed E-state index contributed by atoms with van der Waals surface area (Å²) in [4.78, 5) is 0. The van der Waals surface area contributed by atoms with Gasteiger partial charge in [0.05, 0.1) is 12.1 Å².